The van der Waals surface area contributed by atoms with Crippen LogP contribution in [-0.2, 0) is 6.54 Å². The molecule has 0 aliphatic carbocycles. The zero-order valence-electron chi connectivity index (χ0n) is 12.6. The molecule has 4 nitrogen and oxygen atoms in total. The van der Waals surface area contributed by atoms with Crippen LogP contribution < -0.4 is 10.2 Å². The molecule has 19 heavy (non-hydrogen) atoms. The molecule has 1 unspecified atom stereocenters. The van der Waals surface area contributed by atoms with E-state index in [1.807, 2.05) is 12.4 Å². The van der Waals surface area contributed by atoms with Crippen molar-refractivity contribution in [1.82, 2.24) is 15.3 Å². The number of rotatable bonds is 4. The molecular weight excluding hydrogens is 236 g/mol. The zero-order chi connectivity index (χ0) is 13.9. The molecule has 1 atom stereocenters. The van der Waals surface area contributed by atoms with Crippen molar-refractivity contribution in [2.75, 3.05) is 18.0 Å². The summed E-state index contributed by atoms with van der Waals surface area (Å²) < 4.78 is 0. The highest BCUT2D eigenvalue weighted by Crippen LogP contribution is 2.22. The van der Waals surface area contributed by atoms with E-state index >= 15 is 0 Å². The van der Waals surface area contributed by atoms with Gasteiger partial charge in [0.2, 0.25) is 5.95 Å². The summed E-state index contributed by atoms with van der Waals surface area (Å²) in [4.78, 5) is 11.3. The van der Waals surface area contributed by atoms with Crippen LogP contribution in [-0.4, -0.2) is 28.6 Å². The van der Waals surface area contributed by atoms with Crippen molar-refractivity contribution in [2.24, 2.45) is 5.92 Å². The maximum Gasteiger partial charge on any atom is 0.225 e. The number of nitrogens with zero attached hydrogens (tertiary/aromatic N) is 3. The SMILES string of the molecule is CCC1CCN(c2ncc(CNC(C)(C)C)cn2)C1. The van der Waals surface area contributed by atoms with Crippen molar-refractivity contribution < 1.29 is 0 Å². The van der Waals surface area contributed by atoms with Crippen molar-refractivity contribution in [3.8, 4) is 0 Å². The maximum absolute atomic E-state index is 4.50. The van der Waals surface area contributed by atoms with E-state index in [0.29, 0.717) is 0 Å². The van der Waals surface area contributed by atoms with Gasteiger partial charge < -0.3 is 10.2 Å². The topological polar surface area (TPSA) is 41.1 Å². The summed E-state index contributed by atoms with van der Waals surface area (Å²) in [5.41, 5.74) is 1.27. The zero-order valence-corrected chi connectivity index (χ0v) is 12.6. The molecule has 4 heteroatoms. The first-order chi connectivity index (χ1) is 8.98. The van der Waals surface area contributed by atoms with Crippen LogP contribution in [0.1, 0.15) is 46.1 Å². The van der Waals surface area contributed by atoms with Crippen LogP contribution >= 0.6 is 0 Å². The third-order valence-corrected chi connectivity index (χ3v) is 3.66. The van der Waals surface area contributed by atoms with E-state index < -0.39 is 0 Å². The Bertz CT molecular complexity index is 394. The summed E-state index contributed by atoms with van der Waals surface area (Å²) in [5.74, 6) is 1.70. The van der Waals surface area contributed by atoms with Gasteiger partial charge in [0.1, 0.15) is 0 Å². The Morgan fingerprint density at radius 2 is 2.00 bits per heavy atom. The van der Waals surface area contributed by atoms with Gasteiger partial charge in [-0.3, -0.25) is 0 Å². The highest BCUT2D eigenvalue weighted by Gasteiger charge is 2.22. The van der Waals surface area contributed by atoms with Crippen LogP contribution in [0.2, 0.25) is 0 Å². The lowest BCUT2D eigenvalue weighted by molar-refractivity contribution is 0.423. The Balaban J connectivity index is 1.92. The fourth-order valence-electron chi connectivity index (χ4n) is 2.32. The van der Waals surface area contributed by atoms with Gasteiger partial charge in [-0.15, -0.1) is 0 Å². The minimum atomic E-state index is 0.127. The lowest BCUT2D eigenvalue weighted by Gasteiger charge is -2.20. The molecule has 2 heterocycles. The molecule has 0 aromatic carbocycles. The van der Waals surface area contributed by atoms with Crippen LogP contribution in [0.5, 0.6) is 0 Å². The van der Waals surface area contributed by atoms with Crippen molar-refractivity contribution in [3.63, 3.8) is 0 Å². The Labute approximate surface area is 116 Å². The predicted octanol–water partition coefficient (Wildman–Crippen LogP) is 2.60. The van der Waals surface area contributed by atoms with Crippen LogP contribution in [0.4, 0.5) is 5.95 Å². The maximum atomic E-state index is 4.50. The molecule has 0 bridgehead atoms. The molecule has 0 radical (unpaired) electrons. The highest BCUT2D eigenvalue weighted by atomic mass is 15.3. The highest BCUT2D eigenvalue weighted by molar-refractivity contribution is 5.31. The third kappa shape index (κ3) is 4.16. The fraction of sp³-hybridized carbons (Fsp3) is 0.733. The average molecular weight is 262 g/mol. The van der Waals surface area contributed by atoms with Crippen LogP contribution in [0, 0.1) is 5.92 Å². The molecule has 0 saturated carbocycles. The van der Waals surface area contributed by atoms with E-state index in [1.54, 1.807) is 0 Å². The Hall–Kier alpha value is -1.16. The molecule has 1 aromatic heterocycles. The quantitative estimate of drug-likeness (QED) is 0.905. The summed E-state index contributed by atoms with van der Waals surface area (Å²) in [6.45, 7) is 11.8. The first-order valence-electron chi connectivity index (χ1n) is 7.29. The summed E-state index contributed by atoms with van der Waals surface area (Å²) in [7, 11) is 0. The van der Waals surface area contributed by atoms with Gasteiger partial charge in [0.05, 0.1) is 0 Å². The molecule has 1 saturated heterocycles. The van der Waals surface area contributed by atoms with Crippen LogP contribution in [0.3, 0.4) is 0 Å². The van der Waals surface area contributed by atoms with Crippen molar-refractivity contribution in [3.05, 3.63) is 18.0 Å². The largest absolute Gasteiger partial charge is 0.341 e. The Morgan fingerprint density at radius 1 is 1.32 bits per heavy atom. The average Bonchev–Trinajstić information content (AvgIpc) is 2.85. The molecule has 1 aliphatic heterocycles. The third-order valence-electron chi connectivity index (χ3n) is 3.66. The van der Waals surface area contributed by atoms with Gasteiger partial charge in [0, 0.05) is 43.1 Å². The van der Waals surface area contributed by atoms with Gasteiger partial charge in [-0.25, -0.2) is 9.97 Å². The minimum absolute atomic E-state index is 0.127. The Morgan fingerprint density at radius 3 is 2.53 bits per heavy atom. The lowest BCUT2D eigenvalue weighted by atomic mass is 10.1. The molecule has 2 rings (SSSR count). The van der Waals surface area contributed by atoms with Crippen molar-refractivity contribution >= 4 is 5.95 Å². The van der Waals surface area contributed by atoms with Crippen LogP contribution in [0.15, 0.2) is 12.4 Å². The van der Waals surface area contributed by atoms with E-state index in [4.69, 9.17) is 0 Å². The number of aromatic nitrogens is 2. The van der Waals surface area contributed by atoms with Crippen molar-refractivity contribution in [2.45, 2.75) is 52.6 Å². The monoisotopic (exact) mass is 262 g/mol. The number of hydrogen-bond acceptors (Lipinski definition) is 4. The van der Waals surface area contributed by atoms with Gasteiger partial charge in [-0.2, -0.15) is 0 Å². The first-order valence-corrected chi connectivity index (χ1v) is 7.29. The lowest BCUT2D eigenvalue weighted by Crippen LogP contribution is -2.35. The van der Waals surface area contributed by atoms with Gasteiger partial charge >= 0.3 is 0 Å². The predicted molar refractivity (Wildman–Crippen MR) is 79.2 cm³/mol. The van der Waals surface area contributed by atoms with Crippen molar-refractivity contribution in [1.29, 1.82) is 0 Å². The van der Waals surface area contributed by atoms with Gasteiger partial charge in [-0.05, 0) is 33.1 Å². The van der Waals surface area contributed by atoms with E-state index in [2.05, 4.69) is 47.9 Å². The number of nitrogens with one attached hydrogen (secondary N) is 1. The first kappa shape index (κ1) is 14.3. The normalized spacial score (nSPS) is 20.0. The molecule has 1 fully saturated rings. The fourth-order valence-corrected chi connectivity index (χ4v) is 2.32. The number of hydrogen-bond donors (Lipinski definition) is 1. The standard InChI is InChI=1S/C15H26N4/c1-5-12-6-7-19(11-12)14-16-8-13(9-17-14)10-18-15(2,3)4/h8-9,12,18H,5-7,10-11H2,1-4H3. The molecule has 106 valence electrons. The minimum Gasteiger partial charge on any atom is -0.341 e. The summed E-state index contributed by atoms with van der Waals surface area (Å²) >= 11 is 0. The molecular formula is C15H26N4. The molecule has 1 aliphatic rings. The second kappa shape index (κ2) is 5.87. The second-order valence-electron chi connectivity index (χ2n) is 6.50. The number of anilines is 1. The molecule has 1 N–H and O–H groups in total. The van der Waals surface area contributed by atoms with Gasteiger partial charge in [0.25, 0.3) is 0 Å². The molecule has 0 amide bonds. The van der Waals surface area contributed by atoms with E-state index in [-0.39, 0.29) is 5.54 Å². The summed E-state index contributed by atoms with van der Waals surface area (Å²) in [5, 5.41) is 3.45. The van der Waals surface area contributed by atoms with E-state index in [9.17, 15) is 0 Å². The molecule has 1 aromatic rings. The second-order valence-corrected chi connectivity index (χ2v) is 6.50. The summed E-state index contributed by atoms with van der Waals surface area (Å²) in [6.07, 6.45) is 6.41. The Kier molecular flexibility index (Phi) is 4.40. The summed E-state index contributed by atoms with van der Waals surface area (Å²) in [6, 6.07) is 0. The van der Waals surface area contributed by atoms with Gasteiger partial charge in [-0.1, -0.05) is 13.3 Å². The van der Waals surface area contributed by atoms with Gasteiger partial charge in [0.15, 0.2) is 0 Å². The van der Waals surface area contributed by atoms with Crippen LogP contribution in [0.25, 0.3) is 0 Å². The molecule has 0 spiro atoms. The smallest absolute Gasteiger partial charge is 0.225 e. The van der Waals surface area contributed by atoms with E-state index in [1.165, 1.54) is 12.8 Å². The van der Waals surface area contributed by atoms with E-state index in [0.717, 1.165) is 37.1 Å².